The summed E-state index contributed by atoms with van der Waals surface area (Å²) >= 11 is 0. The topological polar surface area (TPSA) is 102 Å². The SMILES string of the molecule is C/C(=C\C=C\c1ccccc1)CN(CCc1cn(S(=O)(=O)c2ccc(C)cc2)nn1)S(=O)(=O)c1ccc(C)cc1. The standard InChI is InChI=1S/C30H32N4O4S2/c1-24-12-16-29(17-13-24)39(35,36)33(22-26(3)8-7-11-27-9-5-4-6-10-27)21-20-28-23-34(32-31-28)40(37,38)30-18-14-25(2)15-19-30/h4-19,23H,20-22H2,1-3H3/b11-7+,26-8+. The molecule has 0 unspecified atom stereocenters. The predicted octanol–water partition coefficient (Wildman–Crippen LogP) is 5.03. The Morgan fingerprint density at radius 2 is 1.45 bits per heavy atom. The third-order valence-corrected chi connectivity index (χ3v) is 9.65. The summed E-state index contributed by atoms with van der Waals surface area (Å²) in [6.45, 7) is 5.89. The van der Waals surface area contributed by atoms with Crippen LogP contribution in [0.5, 0.6) is 0 Å². The van der Waals surface area contributed by atoms with Crippen LogP contribution in [0.25, 0.3) is 6.08 Å². The number of hydrogen-bond acceptors (Lipinski definition) is 6. The molecule has 0 saturated heterocycles. The van der Waals surface area contributed by atoms with Crippen molar-refractivity contribution in [2.24, 2.45) is 0 Å². The van der Waals surface area contributed by atoms with Gasteiger partial charge >= 0.3 is 0 Å². The summed E-state index contributed by atoms with van der Waals surface area (Å²) in [6, 6.07) is 23.0. The Hall–Kier alpha value is -3.86. The van der Waals surface area contributed by atoms with E-state index in [9.17, 15) is 16.8 Å². The molecule has 0 saturated carbocycles. The maximum absolute atomic E-state index is 13.6. The first-order valence-corrected chi connectivity index (χ1v) is 15.6. The molecule has 1 heterocycles. The maximum Gasteiger partial charge on any atom is 0.284 e. The van der Waals surface area contributed by atoms with Gasteiger partial charge in [0.2, 0.25) is 10.0 Å². The fraction of sp³-hybridized carbons (Fsp3) is 0.200. The Morgan fingerprint density at radius 3 is 2.08 bits per heavy atom. The van der Waals surface area contributed by atoms with E-state index in [0.717, 1.165) is 26.4 Å². The van der Waals surface area contributed by atoms with E-state index in [-0.39, 0.29) is 29.3 Å². The van der Waals surface area contributed by atoms with Crippen LogP contribution in [-0.4, -0.2) is 48.6 Å². The van der Waals surface area contributed by atoms with Crippen molar-refractivity contribution < 1.29 is 16.8 Å². The lowest BCUT2D eigenvalue weighted by Gasteiger charge is -2.22. The van der Waals surface area contributed by atoms with Gasteiger partial charge in [-0.1, -0.05) is 94.7 Å². The van der Waals surface area contributed by atoms with E-state index in [2.05, 4.69) is 10.3 Å². The van der Waals surface area contributed by atoms with Gasteiger partial charge in [0.1, 0.15) is 0 Å². The first-order valence-electron chi connectivity index (χ1n) is 12.7. The largest absolute Gasteiger partial charge is 0.284 e. The van der Waals surface area contributed by atoms with Crippen molar-refractivity contribution in [1.29, 1.82) is 0 Å². The first-order chi connectivity index (χ1) is 19.1. The number of hydrogen-bond donors (Lipinski definition) is 0. The lowest BCUT2D eigenvalue weighted by Crippen LogP contribution is -2.34. The molecule has 40 heavy (non-hydrogen) atoms. The molecule has 0 atom stereocenters. The van der Waals surface area contributed by atoms with Crippen LogP contribution >= 0.6 is 0 Å². The van der Waals surface area contributed by atoms with Crippen LogP contribution in [0.4, 0.5) is 0 Å². The van der Waals surface area contributed by atoms with Crippen molar-refractivity contribution in [3.63, 3.8) is 0 Å². The Morgan fingerprint density at radius 1 is 0.850 bits per heavy atom. The third kappa shape index (κ3) is 7.20. The van der Waals surface area contributed by atoms with Gasteiger partial charge in [-0.25, -0.2) is 8.42 Å². The van der Waals surface area contributed by atoms with E-state index in [4.69, 9.17) is 0 Å². The van der Waals surface area contributed by atoms with E-state index in [1.165, 1.54) is 22.6 Å². The first kappa shape index (κ1) is 29.1. The quantitative estimate of drug-likeness (QED) is 0.232. The van der Waals surface area contributed by atoms with E-state index in [1.54, 1.807) is 36.4 Å². The van der Waals surface area contributed by atoms with E-state index in [0.29, 0.717) is 5.69 Å². The zero-order chi connectivity index (χ0) is 28.8. The summed E-state index contributed by atoms with van der Waals surface area (Å²) in [5.41, 5.74) is 4.14. The summed E-state index contributed by atoms with van der Waals surface area (Å²) in [5, 5.41) is 7.83. The van der Waals surface area contributed by atoms with Gasteiger partial charge in [0.25, 0.3) is 10.0 Å². The van der Waals surface area contributed by atoms with Crippen molar-refractivity contribution in [3.05, 3.63) is 125 Å². The second kappa shape index (κ2) is 12.5. The van der Waals surface area contributed by atoms with Crippen LogP contribution in [-0.2, 0) is 26.5 Å². The number of aromatic nitrogens is 3. The Balaban J connectivity index is 1.54. The van der Waals surface area contributed by atoms with Crippen LogP contribution in [0.2, 0.25) is 0 Å². The molecule has 0 aliphatic carbocycles. The van der Waals surface area contributed by atoms with Crippen molar-refractivity contribution in [3.8, 4) is 0 Å². The van der Waals surface area contributed by atoms with Gasteiger partial charge in [0, 0.05) is 19.5 Å². The highest BCUT2D eigenvalue weighted by Gasteiger charge is 2.25. The van der Waals surface area contributed by atoms with Crippen LogP contribution < -0.4 is 0 Å². The molecule has 4 rings (SSSR count). The normalized spacial score (nSPS) is 12.8. The lowest BCUT2D eigenvalue weighted by molar-refractivity contribution is 0.436. The molecule has 0 radical (unpaired) electrons. The number of allylic oxidation sites excluding steroid dienone is 2. The minimum absolute atomic E-state index is 0.0903. The van der Waals surface area contributed by atoms with Gasteiger partial charge in [0.15, 0.2) is 0 Å². The fourth-order valence-electron chi connectivity index (χ4n) is 3.93. The second-order valence-electron chi connectivity index (χ2n) is 9.58. The number of rotatable bonds is 11. The van der Waals surface area contributed by atoms with Crippen LogP contribution in [0.1, 0.15) is 29.3 Å². The van der Waals surface area contributed by atoms with Crippen LogP contribution in [0, 0.1) is 13.8 Å². The summed E-state index contributed by atoms with van der Waals surface area (Å²) in [4.78, 5) is 0.291. The van der Waals surface area contributed by atoms with Gasteiger partial charge in [-0.05, 0) is 50.6 Å². The molecule has 8 nitrogen and oxygen atoms in total. The predicted molar refractivity (Wildman–Crippen MR) is 157 cm³/mol. The zero-order valence-electron chi connectivity index (χ0n) is 22.7. The zero-order valence-corrected chi connectivity index (χ0v) is 24.3. The average Bonchev–Trinajstić information content (AvgIpc) is 3.42. The summed E-state index contributed by atoms with van der Waals surface area (Å²) in [5.74, 6) is 0. The molecule has 3 aromatic carbocycles. The Labute approximate surface area is 236 Å². The lowest BCUT2D eigenvalue weighted by atomic mass is 10.2. The van der Waals surface area contributed by atoms with E-state index >= 15 is 0 Å². The number of sulfonamides is 1. The van der Waals surface area contributed by atoms with Gasteiger partial charge in [-0.2, -0.15) is 12.7 Å². The van der Waals surface area contributed by atoms with Crippen LogP contribution in [0.15, 0.2) is 113 Å². The Bertz CT molecular complexity index is 1710. The van der Waals surface area contributed by atoms with Crippen molar-refractivity contribution in [2.45, 2.75) is 37.0 Å². The number of benzene rings is 3. The van der Waals surface area contributed by atoms with Crippen molar-refractivity contribution in [2.75, 3.05) is 13.1 Å². The summed E-state index contributed by atoms with van der Waals surface area (Å²) in [7, 11) is -7.74. The summed E-state index contributed by atoms with van der Waals surface area (Å²) < 4.78 is 55.4. The van der Waals surface area contributed by atoms with E-state index in [1.807, 2.05) is 69.3 Å². The minimum Gasteiger partial charge on any atom is -0.207 e. The molecule has 1 aromatic heterocycles. The molecule has 4 aromatic rings. The average molecular weight is 577 g/mol. The monoisotopic (exact) mass is 576 g/mol. The molecule has 0 aliphatic heterocycles. The van der Waals surface area contributed by atoms with Gasteiger partial charge in [-0.15, -0.1) is 9.19 Å². The highest BCUT2D eigenvalue weighted by atomic mass is 32.2. The maximum atomic E-state index is 13.6. The Kier molecular flexibility index (Phi) is 9.14. The molecule has 0 fully saturated rings. The van der Waals surface area contributed by atoms with Gasteiger partial charge in [0.05, 0.1) is 21.7 Å². The highest BCUT2D eigenvalue weighted by Crippen LogP contribution is 2.19. The molecule has 0 N–H and O–H groups in total. The molecule has 10 heteroatoms. The van der Waals surface area contributed by atoms with E-state index < -0.39 is 20.0 Å². The molecule has 0 aliphatic rings. The molecule has 0 spiro atoms. The third-order valence-electron chi connectivity index (χ3n) is 6.26. The summed E-state index contributed by atoms with van der Waals surface area (Å²) in [6.07, 6.45) is 7.24. The van der Waals surface area contributed by atoms with Gasteiger partial charge < -0.3 is 0 Å². The second-order valence-corrected chi connectivity index (χ2v) is 13.3. The molecular formula is C30H32N4O4S2. The van der Waals surface area contributed by atoms with Crippen LogP contribution in [0.3, 0.4) is 0 Å². The molecular weight excluding hydrogens is 544 g/mol. The number of nitrogens with zero attached hydrogens (tertiary/aromatic N) is 4. The van der Waals surface area contributed by atoms with Gasteiger partial charge in [-0.3, -0.25) is 0 Å². The van der Waals surface area contributed by atoms with Crippen molar-refractivity contribution in [1.82, 2.24) is 18.7 Å². The smallest absolute Gasteiger partial charge is 0.207 e. The highest BCUT2D eigenvalue weighted by molar-refractivity contribution is 7.90. The van der Waals surface area contributed by atoms with Crippen molar-refractivity contribution >= 4 is 26.1 Å². The fourth-order valence-corrected chi connectivity index (χ4v) is 6.50. The number of aryl methyl sites for hydroxylation is 2. The minimum atomic E-state index is -3.91. The molecule has 0 amide bonds. The molecule has 0 bridgehead atoms. The molecule has 208 valence electrons.